The maximum absolute atomic E-state index is 9.98. The fraction of sp³-hybridized carbons (Fsp3) is 0.833. The number of hydrogen-bond donors (Lipinski definition) is 0. The summed E-state index contributed by atoms with van der Waals surface area (Å²) in [7, 11) is 0. The zero-order valence-electron chi connectivity index (χ0n) is 5.21. The summed E-state index contributed by atoms with van der Waals surface area (Å²) in [6.45, 7) is 0. The summed E-state index contributed by atoms with van der Waals surface area (Å²) in [5.41, 5.74) is 0. The van der Waals surface area contributed by atoms with Crippen LogP contribution in [0.15, 0.2) is 0 Å². The molecule has 1 saturated heterocycles. The van der Waals surface area contributed by atoms with E-state index in [1.165, 1.54) is 18.5 Å². The van der Waals surface area contributed by atoms with Crippen LogP contribution in [0.3, 0.4) is 0 Å². The molecule has 1 aliphatic rings. The van der Waals surface area contributed by atoms with Gasteiger partial charge in [0.25, 0.3) is 0 Å². The summed E-state index contributed by atoms with van der Waals surface area (Å²) in [5, 5.41) is 0. The highest BCUT2D eigenvalue weighted by atomic mass is 32.2. The molecule has 52 valence electrons. The van der Waals surface area contributed by atoms with Crippen LogP contribution in [0.2, 0.25) is 0 Å². The molecule has 1 aliphatic heterocycles. The summed E-state index contributed by atoms with van der Waals surface area (Å²) >= 11 is 1.48. The van der Waals surface area contributed by atoms with Crippen molar-refractivity contribution in [3.8, 4) is 0 Å². The van der Waals surface area contributed by atoms with Crippen LogP contribution in [0, 0.1) is 0 Å². The van der Waals surface area contributed by atoms with Gasteiger partial charge in [0.1, 0.15) is 6.29 Å². The Morgan fingerprint density at radius 3 is 3.22 bits per heavy atom. The molecule has 0 radical (unpaired) electrons. The molecule has 1 atom stereocenters. The van der Waals surface area contributed by atoms with Gasteiger partial charge in [-0.15, -0.1) is 0 Å². The Hall–Kier alpha value is -0.0200. The summed E-state index contributed by atoms with van der Waals surface area (Å²) in [4.78, 5) is 9.98. The van der Waals surface area contributed by atoms with Crippen LogP contribution in [-0.4, -0.2) is 18.1 Å². The average molecular weight is 146 g/mol. The van der Waals surface area contributed by atoms with Crippen molar-refractivity contribution >= 4 is 18.3 Å². The number of carbonyl (C=O) groups excluding carboxylic acids is 1. The second kappa shape index (κ2) is 3.90. The molecule has 0 saturated carbocycles. The van der Waals surface area contributed by atoms with Gasteiger partial charge in [-0.25, -0.2) is 0 Å². The molecule has 0 spiro atoms. The van der Waals surface area contributed by atoms with E-state index in [4.69, 9.17) is 4.18 Å². The summed E-state index contributed by atoms with van der Waals surface area (Å²) < 4.78 is 5.20. The van der Waals surface area contributed by atoms with E-state index in [-0.39, 0.29) is 6.10 Å². The van der Waals surface area contributed by atoms with Gasteiger partial charge < -0.3 is 8.98 Å². The molecule has 2 nitrogen and oxygen atoms in total. The molecule has 0 N–H and O–H groups in total. The lowest BCUT2D eigenvalue weighted by molar-refractivity contribution is -0.109. The molecule has 1 heterocycles. The van der Waals surface area contributed by atoms with Gasteiger partial charge in [-0.3, -0.25) is 0 Å². The summed E-state index contributed by atoms with van der Waals surface area (Å²) in [6.07, 6.45) is 3.92. The lowest BCUT2D eigenvalue weighted by atomic mass is 10.2. The van der Waals surface area contributed by atoms with Gasteiger partial charge >= 0.3 is 0 Å². The van der Waals surface area contributed by atoms with Gasteiger partial charge in [0.2, 0.25) is 0 Å². The Morgan fingerprint density at radius 1 is 1.78 bits per heavy atom. The van der Waals surface area contributed by atoms with Crippen molar-refractivity contribution in [2.75, 3.05) is 5.75 Å². The van der Waals surface area contributed by atoms with Crippen LogP contribution in [0.4, 0.5) is 0 Å². The largest absolute Gasteiger partial charge is 0.312 e. The smallest absolute Gasteiger partial charge is 0.122 e. The minimum Gasteiger partial charge on any atom is -0.312 e. The maximum Gasteiger partial charge on any atom is 0.122 e. The monoisotopic (exact) mass is 146 g/mol. The Morgan fingerprint density at radius 2 is 2.67 bits per heavy atom. The zero-order valence-corrected chi connectivity index (χ0v) is 6.02. The third kappa shape index (κ3) is 2.37. The van der Waals surface area contributed by atoms with Crippen molar-refractivity contribution in [3.63, 3.8) is 0 Å². The van der Waals surface area contributed by atoms with Crippen LogP contribution >= 0.6 is 12.0 Å². The molecule has 0 amide bonds. The van der Waals surface area contributed by atoms with Crippen molar-refractivity contribution in [1.29, 1.82) is 0 Å². The van der Waals surface area contributed by atoms with Crippen LogP contribution < -0.4 is 0 Å². The van der Waals surface area contributed by atoms with Crippen molar-refractivity contribution < 1.29 is 8.98 Å². The van der Waals surface area contributed by atoms with Crippen molar-refractivity contribution in [1.82, 2.24) is 0 Å². The minimum atomic E-state index is 0.196. The van der Waals surface area contributed by atoms with Crippen molar-refractivity contribution in [3.05, 3.63) is 0 Å². The standard InChI is InChI=1S/C6H10O2S/c7-4-3-6-2-1-5-9-8-6/h4,6H,1-3,5H2. The summed E-state index contributed by atoms with van der Waals surface area (Å²) in [6, 6.07) is 0. The normalized spacial score (nSPS) is 27.8. The third-order valence-corrected chi connectivity index (χ3v) is 2.18. The Balaban J connectivity index is 2.15. The quantitative estimate of drug-likeness (QED) is 0.435. The number of aldehydes is 1. The SMILES string of the molecule is O=CCC1CCCSO1. The molecule has 0 aromatic carbocycles. The molecular weight excluding hydrogens is 136 g/mol. The second-order valence-electron chi connectivity index (χ2n) is 2.08. The first-order valence-corrected chi connectivity index (χ1v) is 4.06. The highest BCUT2D eigenvalue weighted by Crippen LogP contribution is 2.21. The topological polar surface area (TPSA) is 26.3 Å². The van der Waals surface area contributed by atoms with E-state index in [1.807, 2.05) is 0 Å². The van der Waals surface area contributed by atoms with Crippen LogP contribution in [0.25, 0.3) is 0 Å². The molecule has 0 aromatic rings. The molecule has 0 bridgehead atoms. The van der Waals surface area contributed by atoms with Gasteiger partial charge in [0.15, 0.2) is 0 Å². The minimum absolute atomic E-state index is 0.196. The summed E-state index contributed by atoms with van der Waals surface area (Å²) in [5.74, 6) is 1.08. The van der Waals surface area contributed by atoms with E-state index in [9.17, 15) is 4.79 Å². The maximum atomic E-state index is 9.98. The Bertz CT molecular complexity index is 89.1. The highest BCUT2D eigenvalue weighted by molar-refractivity contribution is 7.94. The van der Waals surface area contributed by atoms with Gasteiger partial charge in [-0.2, -0.15) is 0 Å². The highest BCUT2D eigenvalue weighted by Gasteiger charge is 2.13. The van der Waals surface area contributed by atoms with Gasteiger partial charge in [-0.1, -0.05) is 0 Å². The van der Waals surface area contributed by atoms with E-state index in [2.05, 4.69) is 0 Å². The van der Waals surface area contributed by atoms with Gasteiger partial charge in [0.05, 0.1) is 6.10 Å². The zero-order chi connectivity index (χ0) is 6.53. The predicted octanol–water partition coefficient (Wildman–Crippen LogP) is 1.40. The molecule has 1 rings (SSSR count). The lowest BCUT2D eigenvalue weighted by Gasteiger charge is -2.18. The van der Waals surface area contributed by atoms with Gasteiger partial charge in [-0.05, 0) is 24.9 Å². The molecule has 9 heavy (non-hydrogen) atoms. The molecule has 3 heteroatoms. The van der Waals surface area contributed by atoms with E-state index in [0.29, 0.717) is 6.42 Å². The van der Waals surface area contributed by atoms with E-state index in [1.54, 1.807) is 0 Å². The molecule has 1 unspecified atom stereocenters. The van der Waals surface area contributed by atoms with Crippen LogP contribution in [0.5, 0.6) is 0 Å². The van der Waals surface area contributed by atoms with Crippen LogP contribution in [0.1, 0.15) is 19.3 Å². The fourth-order valence-electron chi connectivity index (χ4n) is 0.827. The molecule has 0 aliphatic carbocycles. The van der Waals surface area contributed by atoms with Gasteiger partial charge in [0, 0.05) is 12.2 Å². The van der Waals surface area contributed by atoms with E-state index >= 15 is 0 Å². The second-order valence-corrected chi connectivity index (χ2v) is 2.92. The predicted molar refractivity (Wildman–Crippen MR) is 37.2 cm³/mol. The molecule has 0 aromatic heterocycles. The number of rotatable bonds is 2. The van der Waals surface area contributed by atoms with E-state index < -0.39 is 0 Å². The Kier molecular flexibility index (Phi) is 3.08. The van der Waals surface area contributed by atoms with Crippen molar-refractivity contribution in [2.24, 2.45) is 0 Å². The Labute approximate surface area is 59.2 Å². The van der Waals surface area contributed by atoms with Crippen molar-refractivity contribution in [2.45, 2.75) is 25.4 Å². The van der Waals surface area contributed by atoms with E-state index in [0.717, 1.165) is 18.5 Å². The fourth-order valence-corrected chi connectivity index (χ4v) is 1.57. The third-order valence-electron chi connectivity index (χ3n) is 1.32. The molecule has 1 fully saturated rings. The number of carbonyl (C=O) groups is 1. The average Bonchev–Trinajstić information content (AvgIpc) is 1.91. The first-order valence-electron chi connectivity index (χ1n) is 3.15. The number of hydrogen-bond acceptors (Lipinski definition) is 3. The van der Waals surface area contributed by atoms with Crippen LogP contribution in [-0.2, 0) is 8.98 Å². The lowest BCUT2D eigenvalue weighted by Crippen LogP contribution is -2.14. The first kappa shape index (κ1) is 7.09. The molecular formula is C6H10O2S. The first-order chi connectivity index (χ1) is 4.43.